The summed E-state index contributed by atoms with van der Waals surface area (Å²) < 4.78 is 65.2. The summed E-state index contributed by atoms with van der Waals surface area (Å²) in [5.74, 6) is 0.711. The summed E-state index contributed by atoms with van der Waals surface area (Å²) in [6.45, 7) is 3.69. The third-order valence-electron chi connectivity index (χ3n) is 4.76. The number of nitrogens with one attached hydrogen (secondary N) is 1. The van der Waals surface area contributed by atoms with Gasteiger partial charge >= 0.3 is 6.18 Å². The molecule has 0 aromatic heterocycles. The molecule has 2 rings (SSSR count). The third kappa shape index (κ3) is 5.58. The molecule has 0 amide bonds. The maximum atomic E-state index is 12.3. The van der Waals surface area contributed by atoms with E-state index >= 15 is 0 Å². The molecule has 0 spiro atoms. The van der Waals surface area contributed by atoms with Crippen LogP contribution >= 0.6 is 0 Å². The van der Waals surface area contributed by atoms with Gasteiger partial charge in [-0.05, 0) is 37.6 Å². The molecule has 0 bridgehead atoms. The highest BCUT2D eigenvalue weighted by molar-refractivity contribution is 7.87. The standard InChI is InChI=1S/C14H26F3N3O2S/c1-3-19(2)23(21,22)18-13-10-20(8-4-7-14(15,16)17)9-12(13)11-5-6-11/h11-13,18H,3-10H2,1-2H3/t12-,13+/m0/s1. The van der Waals surface area contributed by atoms with Crippen molar-refractivity contribution in [2.24, 2.45) is 11.8 Å². The molecule has 1 aliphatic heterocycles. The summed E-state index contributed by atoms with van der Waals surface area (Å²) >= 11 is 0. The van der Waals surface area contributed by atoms with Gasteiger partial charge in [0.2, 0.25) is 0 Å². The second-order valence-corrected chi connectivity index (χ2v) is 8.43. The highest BCUT2D eigenvalue weighted by Gasteiger charge is 2.44. The Kier molecular flexibility index (Phi) is 5.97. The van der Waals surface area contributed by atoms with Crippen molar-refractivity contribution in [1.82, 2.24) is 13.9 Å². The molecule has 1 aliphatic carbocycles. The van der Waals surface area contributed by atoms with E-state index in [1.165, 1.54) is 11.4 Å². The zero-order valence-electron chi connectivity index (χ0n) is 13.6. The van der Waals surface area contributed by atoms with Crippen molar-refractivity contribution in [3.63, 3.8) is 0 Å². The number of hydrogen-bond donors (Lipinski definition) is 1. The molecule has 0 aromatic rings. The zero-order chi connectivity index (χ0) is 17.3. The lowest BCUT2D eigenvalue weighted by Gasteiger charge is -2.23. The van der Waals surface area contributed by atoms with E-state index in [0.29, 0.717) is 32.1 Å². The second kappa shape index (κ2) is 7.25. The summed E-state index contributed by atoms with van der Waals surface area (Å²) in [6, 6.07) is -0.201. The van der Waals surface area contributed by atoms with Crippen molar-refractivity contribution < 1.29 is 21.6 Å². The molecule has 1 N–H and O–H groups in total. The number of alkyl halides is 3. The molecule has 23 heavy (non-hydrogen) atoms. The van der Waals surface area contributed by atoms with E-state index in [0.717, 1.165) is 12.8 Å². The normalized spacial score (nSPS) is 27.0. The van der Waals surface area contributed by atoms with Crippen LogP contribution in [0.15, 0.2) is 0 Å². The minimum absolute atomic E-state index is 0.0647. The van der Waals surface area contributed by atoms with Gasteiger partial charge in [0.15, 0.2) is 0 Å². The number of likely N-dealkylation sites (tertiary alicyclic amines) is 1. The monoisotopic (exact) mass is 357 g/mol. The number of hydrogen-bond acceptors (Lipinski definition) is 3. The third-order valence-corrected chi connectivity index (χ3v) is 6.44. The molecular weight excluding hydrogens is 331 g/mol. The van der Waals surface area contributed by atoms with Gasteiger partial charge < -0.3 is 4.90 Å². The Bertz CT molecular complexity index is 494. The van der Waals surface area contributed by atoms with Gasteiger partial charge in [-0.25, -0.2) is 0 Å². The van der Waals surface area contributed by atoms with E-state index in [1.54, 1.807) is 6.92 Å². The number of nitrogens with zero attached hydrogens (tertiary/aromatic N) is 2. The van der Waals surface area contributed by atoms with Crippen LogP contribution in [-0.4, -0.2) is 63.1 Å². The largest absolute Gasteiger partial charge is 0.389 e. The average molecular weight is 357 g/mol. The molecule has 5 nitrogen and oxygen atoms in total. The van der Waals surface area contributed by atoms with E-state index in [1.807, 2.05) is 4.90 Å². The first-order valence-corrected chi connectivity index (χ1v) is 9.59. The predicted octanol–water partition coefficient (Wildman–Crippen LogP) is 1.83. The Morgan fingerprint density at radius 3 is 2.43 bits per heavy atom. The van der Waals surface area contributed by atoms with Crippen LogP contribution in [0.5, 0.6) is 0 Å². The van der Waals surface area contributed by atoms with Crippen molar-refractivity contribution in [3.8, 4) is 0 Å². The van der Waals surface area contributed by atoms with Gasteiger partial charge in [0.25, 0.3) is 10.2 Å². The first-order valence-electron chi connectivity index (χ1n) is 8.15. The molecule has 1 saturated heterocycles. The van der Waals surface area contributed by atoms with Crippen molar-refractivity contribution in [2.75, 3.05) is 33.2 Å². The number of rotatable bonds is 8. The lowest BCUT2D eigenvalue weighted by Crippen LogP contribution is -2.47. The Balaban J connectivity index is 1.91. The molecule has 1 heterocycles. The van der Waals surface area contributed by atoms with Crippen molar-refractivity contribution in [3.05, 3.63) is 0 Å². The van der Waals surface area contributed by atoms with E-state index in [9.17, 15) is 21.6 Å². The molecule has 0 aromatic carbocycles. The minimum Gasteiger partial charge on any atom is -0.301 e. The Hall–Kier alpha value is -0.380. The van der Waals surface area contributed by atoms with Gasteiger partial charge in [-0.2, -0.15) is 30.6 Å². The molecule has 2 aliphatic rings. The highest BCUT2D eigenvalue weighted by Crippen LogP contribution is 2.41. The predicted molar refractivity (Wildman–Crippen MR) is 82.1 cm³/mol. The van der Waals surface area contributed by atoms with E-state index in [2.05, 4.69) is 4.72 Å². The quantitative estimate of drug-likeness (QED) is 0.721. The second-order valence-electron chi connectivity index (χ2n) is 6.62. The molecule has 9 heteroatoms. The fourth-order valence-corrected chi connectivity index (χ4v) is 4.33. The minimum atomic E-state index is -4.12. The summed E-state index contributed by atoms with van der Waals surface area (Å²) in [6.07, 6.45) is -2.67. The van der Waals surface area contributed by atoms with Gasteiger partial charge in [-0.15, -0.1) is 0 Å². The maximum absolute atomic E-state index is 12.3. The van der Waals surface area contributed by atoms with Crippen LogP contribution in [0.1, 0.15) is 32.6 Å². The van der Waals surface area contributed by atoms with Gasteiger partial charge in [-0.3, -0.25) is 0 Å². The average Bonchev–Trinajstić information content (AvgIpc) is 3.19. The first-order chi connectivity index (χ1) is 10.6. The summed E-state index contributed by atoms with van der Waals surface area (Å²) in [5, 5.41) is 0. The fourth-order valence-electron chi connectivity index (χ4n) is 3.18. The van der Waals surface area contributed by atoms with Crippen LogP contribution in [0, 0.1) is 11.8 Å². The van der Waals surface area contributed by atoms with Crippen molar-refractivity contribution >= 4 is 10.2 Å². The SMILES string of the molecule is CCN(C)S(=O)(=O)N[C@@H]1CN(CCCC(F)(F)F)C[C@H]1C1CC1. The van der Waals surface area contributed by atoms with Crippen LogP contribution in [0.25, 0.3) is 0 Å². The smallest absolute Gasteiger partial charge is 0.301 e. The van der Waals surface area contributed by atoms with E-state index < -0.39 is 22.8 Å². The van der Waals surface area contributed by atoms with Gasteiger partial charge in [0.05, 0.1) is 0 Å². The van der Waals surface area contributed by atoms with Crippen LogP contribution in [0.2, 0.25) is 0 Å². The molecular formula is C14H26F3N3O2S. The molecule has 2 fully saturated rings. The molecule has 0 unspecified atom stereocenters. The van der Waals surface area contributed by atoms with Crippen LogP contribution in [0.3, 0.4) is 0 Å². The zero-order valence-corrected chi connectivity index (χ0v) is 14.5. The Labute approximate surface area is 136 Å². The summed E-state index contributed by atoms with van der Waals surface area (Å²) in [5.41, 5.74) is 0. The van der Waals surface area contributed by atoms with Crippen molar-refractivity contribution in [2.45, 2.75) is 44.8 Å². The Morgan fingerprint density at radius 1 is 1.26 bits per heavy atom. The van der Waals surface area contributed by atoms with Gasteiger partial charge in [0.1, 0.15) is 0 Å². The molecule has 2 atom stereocenters. The lowest BCUT2D eigenvalue weighted by molar-refractivity contribution is -0.136. The lowest BCUT2D eigenvalue weighted by atomic mass is 9.99. The van der Waals surface area contributed by atoms with Crippen molar-refractivity contribution in [1.29, 1.82) is 0 Å². The fraction of sp³-hybridized carbons (Fsp3) is 1.00. The van der Waals surface area contributed by atoms with Gasteiger partial charge in [0, 0.05) is 39.1 Å². The molecule has 0 radical (unpaired) electrons. The summed E-state index contributed by atoms with van der Waals surface area (Å²) in [4.78, 5) is 1.97. The molecule has 1 saturated carbocycles. The summed E-state index contributed by atoms with van der Waals surface area (Å²) in [7, 11) is -2.00. The topological polar surface area (TPSA) is 52.7 Å². The highest BCUT2D eigenvalue weighted by atomic mass is 32.2. The Morgan fingerprint density at radius 2 is 1.91 bits per heavy atom. The van der Waals surface area contributed by atoms with Crippen LogP contribution in [-0.2, 0) is 10.2 Å². The molecule has 136 valence electrons. The first kappa shape index (κ1) is 19.0. The van der Waals surface area contributed by atoms with E-state index in [4.69, 9.17) is 0 Å². The maximum Gasteiger partial charge on any atom is 0.389 e. The number of halogens is 3. The van der Waals surface area contributed by atoms with E-state index in [-0.39, 0.29) is 18.4 Å². The van der Waals surface area contributed by atoms with Crippen LogP contribution in [0.4, 0.5) is 13.2 Å². The van der Waals surface area contributed by atoms with Gasteiger partial charge in [-0.1, -0.05) is 6.92 Å². The van der Waals surface area contributed by atoms with Crippen LogP contribution < -0.4 is 4.72 Å².